The molecule has 1 aliphatic carbocycles. The Morgan fingerprint density at radius 3 is 2.33 bits per heavy atom. The Hall–Kier alpha value is -5.32. The summed E-state index contributed by atoms with van der Waals surface area (Å²) in [4.78, 5) is 38.7. The van der Waals surface area contributed by atoms with Gasteiger partial charge in [-0.3, -0.25) is 20.2 Å². The second kappa shape index (κ2) is 10.6. The molecule has 1 heterocycles. The van der Waals surface area contributed by atoms with Crippen molar-refractivity contribution in [1.82, 2.24) is 4.98 Å². The van der Waals surface area contributed by atoms with Crippen molar-refractivity contribution in [3.05, 3.63) is 116 Å². The zero-order valence-electron chi connectivity index (χ0n) is 20.9. The highest BCUT2D eigenvalue weighted by atomic mass is 16.6. The lowest BCUT2D eigenvalue weighted by atomic mass is 9.98. The molecule has 1 aliphatic rings. The molecule has 1 N–H and O–H groups in total. The quantitative estimate of drug-likeness (QED) is 0.102. The van der Waals surface area contributed by atoms with Gasteiger partial charge in [-0.1, -0.05) is 31.5 Å². The number of nitro groups is 2. The monoisotopic (exact) mass is 525 g/mol. The molecule has 0 atom stereocenters. The third-order valence-corrected chi connectivity index (χ3v) is 6.29. The smallest absolute Gasteiger partial charge is 0.339 e. The average molecular weight is 526 g/mol. The molecule has 196 valence electrons. The van der Waals surface area contributed by atoms with Crippen LogP contribution < -0.4 is 5.01 Å². The van der Waals surface area contributed by atoms with Gasteiger partial charge in [-0.2, -0.15) is 5.10 Å². The Morgan fingerprint density at radius 1 is 0.923 bits per heavy atom. The summed E-state index contributed by atoms with van der Waals surface area (Å²) in [6.07, 6.45) is 3.17. The lowest BCUT2D eigenvalue weighted by molar-refractivity contribution is -0.385. The van der Waals surface area contributed by atoms with Gasteiger partial charge in [0.05, 0.1) is 27.7 Å². The molecule has 0 amide bonds. The number of nitrogens with one attached hydrogen (secondary N) is 1. The third kappa shape index (κ3) is 4.85. The van der Waals surface area contributed by atoms with Crippen LogP contribution in [0.2, 0.25) is 0 Å². The molecule has 0 saturated heterocycles. The SMILES string of the molecule is CCCCOC(=O)c1cc([N+](=O)[O-])cc2c1-c1ccc([N+](=O)[O-])cc1/C2=N\N(c1ccccc1)c1ccc[nH]1. The zero-order chi connectivity index (χ0) is 27.5. The van der Waals surface area contributed by atoms with Gasteiger partial charge in [0.1, 0.15) is 11.5 Å². The maximum atomic E-state index is 13.2. The fourth-order valence-corrected chi connectivity index (χ4v) is 4.44. The number of esters is 1. The number of unbranched alkanes of at least 4 members (excludes halogenated alkanes) is 1. The molecule has 11 heteroatoms. The predicted octanol–water partition coefficient (Wildman–Crippen LogP) is 6.36. The van der Waals surface area contributed by atoms with E-state index >= 15 is 0 Å². The van der Waals surface area contributed by atoms with Crippen LogP contribution in [-0.2, 0) is 4.74 Å². The number of carbonyl (C=O) groups excluding carboxylic acids is 1. The highest BCUT2D eigenvalue weighted by Gasteiger charge is 2.35. The number of nitrogens with zero attached hydrogens (tertiary/aromatic N) is 4. The summed E-state index contributed by atoms with van der Waals surface area (Å²) in [6, 6.07) is 19.5. The van der Waals surface area contributed by atoms with Crippen molar-refractivity contribution < 1.29 is 19.4 Å². The van der Waals surface area contributed by atoms with E-state index in [4.69, 9.17) is 9.84 Å². The van der Waals surface area contributed by atoms with E-state index in [0.29, 0.717) is 40.2 Å². The number of non-ortho nitro benzene ring substituents is 2. The predicted molar refractivity (Wildman–Crippen MR) is 145 cm³/mol. The summed E-state index contributed by atoms with van der Waals surface area (Å²) in [6.45, 7) is 2.11. The van der Waals surface area contributed by atoms with E-state index in [1.807, 2.05) is 37.3 Å². The van der Waals surface area contributed by atoms with E-state index in [1.165, 1.54) is 30.3 Å². The van der Waals surface area contributed by atoms with E-state index in [1.54, 1.807) is 23.3 Å². The van der Waals surface area contributed by atoms with Gasteiger partial charge in [0, 0.05) is 47.2 Å². The molecule has 0 bridgehead atoms. The minimum absolute atomic E-state index is 0.00161. The maximum Gasteiger partial charge on any atom is 0.339 e. The molecule has 5 rings (SSSR count). The van der Waals surface area contributed by atoms with E-state index in [2.05, 4.69) is 4.98 Å². The summed E-state index contributed by atoms with van der Waals surface area (Å²) in [5.74, 6) is -0.114. The minimum atomic E-state index is -0.710. The summed E-state index contributed by atoms with van der Waals surface area (Å²) >= 11 is 0. The van der Waals surface area contributed by atoms with E-state index in [-0.39, 0.29) is 29.3 Å². The van der Waals surface area contributed by atoms with Crippen LogP contribution in [0.15, 0.2) is 84.1 Å². The topological polar surface area (TPSA) is 144 Å². The van der Waals surface area contributed by atoms with Crippen molar-refractivity contribution in [3.63, 3.8) is 0 Å². The van der Waals surface area contributed by atoms with Gasteiger partial charge >= 0.3 is 5.97 Å². The Balaban J connectivity index is 1.78. The van der Waals surface area contributed by atoms with Gasteiger partial charge in [0.15, 0.2) is 0 Å². The lowest BCUT2D eigenvalue weighted by Gasteiger charge is -2.19. The molecule has 4 aromatic rings. The van der Waals surface area contributed by atoms with E-state index in [0.717, 1.165) is 6.42 Å². The Labute approximate surface area is 222 Å². The number of para-hydroxylation sites is 1. The Morgan fingerprint density at radius 2 is 1.67 bits per heavy atom. The summed E-state index contributed by atoms with van der Waals surface area (Å²) in [5, 5.41) is 30.0. The van der Waals surface area contributed by atoms with Gasteiger partial charge < -0.3 is 9.72 Å². The number of hydrogen-bond donors (Lipinski definition) is 1. The number of hydrazone groups is 1. The molecular weight excluding hydrogens is 502 g/mol. The lowest BCUT2D eigenvalue weighted by Crippen LogP contribution is -2.15. The number of nitro benzene ring substituents is 2. The maximum absolute atomic E-state index is 13.2. The molecule has 0 spiro atoms. The molecular formula is C28H23N5O6. The van der Waals surface area contributed by atoms with Crippen LogP contribution in [0.4, 0.5) is 22.9 Å². The summed E-state index contributed by atoms with van der Waals surface area (Å²) in [7, 11) is 0. The van der Waals surface area contributed by atoms with Crippen LogP contribution in [0.25, 0.3) is 11.1 Å². The van der Waals surface area contributed by atoms with Crippen LogP contribution in [0.3, 0.4) is 0 Å². The molecule has 0 radical (unpaired) electrons. The van der Waals surface area contributed by atoms with Gasteiger partial charge in [0.25, 0.3) is 11.4 Å². The number of fused-ring (bicyclic) bond motifs is 3. The number of aromatic nitrogens is 1. The molecule has 0 saturated carbocycles. The first-order valence-corrected chi connectivity index (χ1v) is 12.2. The number of ether oxygens (including phenoxy) is 1. The first-order valence-electron chi connectivity index (χ1n) is 12.2. The largest absolute Gasteiger partial charge is 0.462 e. The molecule has 1 aromatic heterocycles. The fourth-order valence-electron chi connectivity index (χ4n) is 4.44. The molecule has 11 nitrogen and oxygen atoms in total. The Bertz CT molecular complexity index is 1600. The fraction of sp³-hybridized carbons (Fsp3) is 0.143. The van der Waals surface area contributed by atoms with Crippen LogP contribution in [0.5, 0.6) is 0 Å². The van der Waals surface area contributed by atoms with Crippen molar-refractivity contribution in [2.45, 2.75) is 19.8 Å². The van der Waals surface area contributed by atoms with Crippen molar-refractivity contribution in [3.8, 4) is 11.1 Å². The highest BCUT2D eigenvalue weighted by molar-refractivity contribution is 6.27. The van der Waals surface area contributed by atoms with Gasteiger partial charge in [-0.15, -0.1) is 0 Å². The van der Waals surface area contributed by atoms with Crippen LogP contribution >= 0.6 is 0 Å². The number of H-pyrrole nitrogens is 1. The van der Waals surface area contributed by atoms with Gasteiger partial charge in [-0.05, 0) is 42.3 Å². The average Bonchev–Trinajstić information content (AvgIpc) is 3.58. The number of carbonyl (C=O) groups is 1. The van der Waals surface area contributed by atoms with Crippen LogP contribution in [-0.4, -0.2) is 33.1 Å². The molecule has 0 aliphatic heterocycles. The third-order valence-electron chi connectivity index (χ3n) is 6.29. The molecule has 0 fully saturated rings. The molecule has 3 aromatic carbocycles. The molecule has 0 unspecified atom stereocenters. The normalized spacial score (nSPS) is 12.6. The van der Waals surface area contributed by atoms with Crippen LogP contribution in [0, 0.1) is 20.2 Å². The number of anilines is 2. The second-order valence-electron chi connectivity index (χ2n) is 8.80. The first kappa shape index (κ1) is 25.3. The van der Waals surface area contributed by atoms with Crippen molar-refractivity contribution >= 4 is 34.6 Å². The zero-order valence-corrected chi connectivity index (χ0v) is 20.9. The van der Waals surface area contributed by atoms with Gasteiger partial charge in [-0.25, -0.2) is 9.80 Å². The van der Waals surface area contributed by atoms with E-state index in [9.17, 15) is 25.0 Å². The van der Waals surface area contributed by atoms with Crippen molar-refractivity contribution in [1.29, 1.82) is 0 Å². The number of aromatic amines is 1. The standard InChI is InChI=1S/C28H23N5O6/c1-2-3-14-39-28(34)24-17-20(33(37)38)16-23-26(24)21-12-11-19(32(35)36)15-22(21)27(23)30-31(25-10-7-13-29-25)18-8-5-4-6-9-18/h4-13,15-17,29H,2-3,14H2,1H3/b30-27+. The number of rotatable bonds is 9. The van der Waals surface area contributed by atoms with Gasteiger partial charge in [0.2, 0.25) is 0 Å². The first-order chi connectivity index (χ1) is 18.9. The summed E-state index contributed by atoms with van der Waals surface area (Å²) < 4.78 is 5.42. The summed E-state index contributed by atoms with van der Waals surface area (Å²) in [5.41, 5.74) is 1.97. The van der Waals surface area contributed by atoms with Crippen molar-refractivity contribution in [2.75, 3.05) is 11.6 Å². The van der Waals surface area contributed by atoms with Crippen LogP contribution in [0.1, 0.15) is 41.3 Å². The highest BCUT2D eigenvalue weighted by Crippen LogP contribution is 2.44. The second-order valence-corrected chi connectivity index (χ2v) is 8.80. The molecule has 39 heavy (non-hydrogen) atoms. The van der Waals surface area contributed by atoms with Crippen molar-refractivity contribution in [2.24, 2.45) is 5.10 Å². The van der Waals surface area contributed by atoms with E-state index < -0.39 is 15.8 Å². The number of hydrogen-bond acceptors (Lipinski definition) is 8. The Kier molecular flexibility index (Phi) is 6.87. The minimum Gasteiger partial charge on any atom is -0.462 e. The number of benzene rings is 3.